The molecule has 0 aromatic heterocycles. The first-order valence-electron chi connectivity index (χ1n) is 6.22. The van der Waals surface area contributed by atoms with Crippen molar-refractivity contribution < 1.29 is 9.47 Å². The lowest BCUT2D eigenvalue weighted by atomic mass is 10.0. The SMILES string of the molecule is C=C(C)CNC(CC)c1ccc(OC)c(OC)c1. The fourth-order valence-corrected chi connectivity index (χ4v) is 1.86. The van der Waals surface area contributed by atoms with Gasteiger partial charge in [-0.05, 0) is 31.0 Å². The van der Waals surface area contributed by atoms with Crippen molar-refractivity contribution in [2.75, 3.05) is 20.8 Å². The third kappa shape index (κ3) is 3.77. The predicted octanol–water partition coefficient (Wildman–Crippen LogP) is 3.32. The van der Waals surface area contributed by atoms with Crippen molar-refractivity contribution in [1.29, 1.82) is 0 Å². The van der Waals surface area contributed by atoms with Crippen LogP contribution >= 0.6 is 0 Å². The van der Waals surface area contributed by atoms with Crippen LogP contribution in [0.5, 0.6) is 11.5 Å². The van der Waals surface area contributed by atoms with Gasteiger partial charge < -0.3 is 14.8 Å². The topological polar surface area (TPSA) is 30.5 Å². The summed E-state index contributed by atoms with van der Waals surface area (Å²) in [5.41, 5.74) is 2.34. The summed E-state index contributed by atoms with van der Waals surface area (Å²) < 4.78 is 10.6. The molecule has 0 aliphatic heterocycles. The Labute approximate surface area is 110 Å². The minimum Gasteiger partial charge on any atom is -0.493 e. The lowest BCUT2D eigenvalue weighted by Gasteiger charge is -2.19. The molecule has 0 heterocycles. The second-order valence-electron chi connectivity index (χ2n) is 4.41. The maximum Gasteiger partial charge on any atom is 0.161 e. The highest BCUT2D eigenvalue weighted by Gasteiger charge is 2.12. The van der Waals surface area contributed by atoms with E-state index in [0.717, 1.165) is 30.0 Å². The van der Waals surface area contributed by atoms with Crippen molar-refractivity contribution in [2.24, 2.45) is 0 Å². The summed E-state index contributed by atoms with van der Waals surface area (Å²) in [6.07, 6.45) is 1.02. The van der Waals surface area contributed by atoms with E-state index in [2.05, 4.69) is 24.9 Å². The van der Waals surface area contributed by atoms with Crippen LogP contribution in [0.15, 0.2) is 30.4 Å². The fraction of sp³-hybridized carbons (Fsp3) is 0.467. The number of ether oxygens (including phenoxy) is 2. The Morgan fingerprint density at radius 1 is 1.28 bits per heavy atom. The molecule has 3 heteroatoms. The summed E-state index contributed by atoms with van der Waals surface area (Å²) in [7, 11) is 3.30. The Bertz CT molecular complexity index is 401. The Kier molecular flexibility index (Phi) is 5.72. The molecule has 0 spiro atoms. The lowest BCUT2D eigenvalue weighted by molar-refractivity contribution is 0.353. The second kappa shape index (κ2) is 7.07. The first-order valence-corrected chi connectivity index (χ1v) is 6.22. The minimum atomic E-state index is 0.307. The van der Waals surface area contributed by atoms with E-state index in [1.54, 1.807) is 14.2 Å². The van der Waals surface area contributed by atoms with E-state index in [-0.39, 0.29) is 0 Å². The Morgan fingerprint density at radius 2 is 1.94 bits per heavy atom. The molecule has 0 fully saturated rings. The molecule has 1 N–H and O–H groups in total. The highest BCUT2D eigenvalue weighted by molar-refractivity contribution is 5.43. The maximum atomic E-state index is 5.33. The third-order valence-electron chi connectivity index (χ3n) is 2.87. The van der Waals surface area contributed by atoms with Gasteiger partial charge in [0.25, 0.3) is 0 Å². The highest BCUT2D eigenvalue weighted by atomic mass is 16.5. The normalized spacial score (nSPS) is 12.0. The summed E-state index contributed by atoms with van der Waals surface area (Å²) in [5, 5.41) is 3.48. The monoisotopic (exact) mass is 249 g/mol. The van der Waals surface area contributed by atoms with Crippen LogP contribution in [0.3, 0.4) is 0 Å². The number of hydrogen-bond acceptors (Lipinski definition) is 3. The number of hydrogen-bond donors (Lipinski definition) is 1. The molecule has 0 radical (unpaired) electrons. The van der Waals surface area contributed by atoms with Crippen molar-refractivity contribution in [1.82, 2.24) is 5.32 Å². The molecule has 0 aliphatic carbocycles. The van der Waals surface area contributed by atoms with E-state index < -0.39 is 0 Å². The lowest BCUT2D eigenvalue weighted by Crippen LogP contribution is -2.22. The standard InChI is InChI=1S/C15H23NO2/c1-6-13(16-10-11(2)3)12-7-8-14(17-4)15(9-12)18-5/h7-9,13,16H,2,6,10H2,1,3-5H3. The van der Waals surface area contributed by atoms with Gasteiger partial charge in [0.05, 0.1) is 14.2 Å². The molecular weight excluding hydrogens is 226 g/mol. The molecule has 1 atom stereocenters. The first kappa shape index (κ1) is 14.6. The number of methoxy groups -OCH3 is 2. The molecule has 18 heavy (non-hydrogen) atoms. The van der Waals surface area contributed by atoms with Crippen LogP contribution in [0, 0.1) is 0 Å². The van der Waals surface area contributed by atoms with Crippen LogP contribution in [0.4, 0.5) is 0 Å². The van der Waals surface area contributed by atoms with Crippen LogP contribution in [-0.2, 0) is 0 Å². The molecule has 3 nitrogen and oxygen atoms in total. The van der Waals surface area contributed by atoms with Gasteiger partial charge in [-0.15, -0.1) is 0 Å². The van der Waals surface area contributed by atoms with E-state index in [1.807, 2.05) is 19.1 Å². The number of benzene rings is 1. The van der Waals surface area contributed by atoms with Gasteiger partial charge in [-0.25, -0.2) is 0 Å². The van der Waals surface area contributed by atoms with Crippen LogP contribution < -0.4 is 14.8 Å². The smallest absolute Gasteiger partial charge is 0.161 e. The van der Waals surface area contributed by atoms with Crippen LogP contribution in [0.2, 0.25) is 0 Å². The molecule has 0 saturated heterocycles. The van der Waals surface area contributed by atoms with Gasteiger partial charge in [-0.3, -0.25) is 0 Å². The van der Waals surface area contributed by atoms with Crippen LogP contribution in [0.25, 0.3) is 0 Å². The third-order valence-corrected chi connectivity index (χ3v) is 2.87. The van der Waals surface area contributed by atoms with E-state index in [0.29, 0.717) is 6.04 Å². The molecule has 1 aromatic rings. The molecule has 0 aliphatic rings. The highest BCUT2D eigenvalue weighted by Crippen LogP contribution is 2.30. The van der Waals surface area contributed by atoms with E-state index in [9.17, 15) is 0 Å². The molecule has 1 unspecified atom stereocenters. The predicted molar refractivity (Wildman–Crippen MR) is 75.4 cm³/mol. The molecule has 1 rings (SSSR count). The fourth-order valence-electron chi connectivity index (χ4n) is 1.86. The van der Waals surface area contributed by atoms with E-state index in [1.165, 1.54) is 5.56 Å². The molecule has 100 valence electrons. The first-order chi connectivity index (χ1) is 8.62. The summed E-state index contributed by atoms with van der Waals surface area (Å²) >= 11 is 0. The number of nitrogens with one attached hydrogen (secondary N) is 1. The van der Waals surface area contributed by atoms with E-state index >= 15 is 0 Å². The zero-order chi connectivity index (χ0) is 13.5. The van der Waals surface area contributed by atoms with Crippen molar-refractivity contribution in [3.63, 3.8) is 0 Å². The van der Waals surface area contributed by atoms with Crippen molar-refractivity contribution in [2.45, 2.75) is 26.3 Å². The largest absolute Gasteiger partial charge is 0.493 e. The van der Waals surface area contributed by atoms with Gasteiger partial charge in [-0.1, -0.05) is 25.1 Å². The minimum absolute atomic E-state index is 0.307. The average molecular weight is 249 g/mol. The van der Waals surface area contributed by atoms with Crippen molar-refractivity contribution in [3.8, 4) is 11.5 Å². The summed E-state index contributed by atoms with van der Waals surface area (Å²) in [6, 6.07) is 6.35. The van der Waals surface area contributed by atoms with Crippen LogP contribution in [-0.4, -0.2) is 20.8 Å². The zero-order valence-corrected chi connectivity index (χ0v) is 11.7. The Morgan fingerprint density at radius 3 is 2.44 bits per heavy atom. The van der Waals surface area contributed by atoms with Gasteiger partial charge in [0.2, 0.25) is 0 Å². The Hall–Kier alpha value is -1.48. The Balaban J connectivity index is 2.88. The van der Waals surface area contributed by atoms with Gasteiger partial charge in [-0.2, -0.15) is 0 Å². The zero-order valence-electron chi connectivity index (χ0n) is 11.7. The average Bonchev–Trinajstić information content (AvgIpc) is 2.38. The molecule has 0 saturated carbocycles. The number of rotatable bonds is 7. The summed E-state index contributed by atoms with van der Waals surface area (Å²) in [6.45, 7) is 8.92. The van der Waals surface area contributed by atoms with E-state index in [4.69, 9.17) is 9.47 Å². The molecule has 0 amide bonds. The van der Waals surface area contributed by atoms with Crippen LogP contribution in [0.1, 0.15) is 31.9 Å². The maximum absolute atomic E-state index is 5.33. The van der Waals surface area contributed by atoms with Crippen molar-refractivity contribution >= 4 is 0 Å². The van der Waals surface area contributed by atoms with Gasteiger partial charge in [0, 0.05) is 12.6 Å². The van der Waals surface area contributed by atoms with Gasteiger partial charge >= 0.3 is 0 Å². The molecule has 0 bridgehead atoms. The van der Waals surface area contributed by atoms with Gasteiger partial charge in [0.1, 0.15) is 0 Å². The van der Waals surface area contributed by atoms with Crippen molar-refractivity contribution in [3.05, 3.63) is 35.9 Å². The summed E-state index contributed by atoms with van der Waals surface area (Å²) in [4.78, 5) is 0. The second-order valence-corrected chi connectivity index (χ2v) is 4.41. The molecular formula is C15H23NO2. The van der Waals surface area contributed by atoms with Gasteiger partial charge in [0.15, 0.2) is 11.5 Å². The quantitative estimate of drug-likeness (QED) is 0.752. The molecule has 1 aromatic carbocycles. The summed E-state index contributed by atoms with van der Waals surface area (Å²) in [5.74, 6) is 1.53.